The number of rotatable bonds is 10. The average molecular weight is 417 g/mol. The first-order chi connectivity index (χ1) is 14.3. The van der Waals surface area contributed by atoms with Gasteiger partial charge in [0.05, 0.1) is 16.8 Å². The summed E-state index contributed by atoms with van der Waals surface area (Å²) in [5.41, 5.74) is 1.83. The smallest absolute Gasteiger partial charge is 0.338 e. The lowest BCUT2D eigenvalue weighted by atomic mass is 10.2. The lowest BCUT2D eigenvalue weighted by molar-refractivity contribution is -0.130. The molecule has 2 amide bonds. The van der Waals surface area contributed by atoms with E-state index < -0.39 is 24.5 Å². The van der Waals surface area contributed by atoms with Gasteiger partial charge in [-0.2, -0.15) is 0 Å². The predicted molar refractivity (Wildman–Crippen MR) is 108 cm³/mol. The molecule has 0 bridgehead atoms. The molecule has 30 heavy (non-hydrogen) atoms. The molecule has 162 valence electrons. The van der Waals surface area contributed by atoms with E-state index >= 15 is 0 Å². The molecular formula is C21H27N3O6. The summed E-state index contributed by atoms with van der Waals surface area (Å²) in [5.74, 6) is -0.384. The fourth-order valence-corrected chi connectivity index (χ4v) is 2.54. The molecule has 0 saturated carbocycles. The Balaban J connectivity index is 1.84. The largest absolute Gasteiger partial charge is 0.489 e. The molecule has 1 atom stereocenters. The van der Waals surface area contributed by atoms with Crippen LogP contribution in [0.15, 0.2) is 28.8 Å². The van der Waals surface area contributed by atoms with Gasteiger partial charge < -0.3 is 24.6 Å². The van der Waals surface area contributed by atoms with E-state index in [2.05, 4.69) is 15.8 Å². The number of aryl methyl sites for hydroxylation is 2. The van der Waals surface area contributed by atoms with Crippen molar-refractivity contribution in [1.82, 2.24) is 15.8 Å². The van der Waals surface area contributed by atoms with Crippen LogP contribution in [-0.2, 0) is 20.9 Å². The van der Waals surface area contributed by atoms with Gasteiger partial charge in [-0.05, 0) is 45.4 Å². The van der Waals surface area contributed by atoms with E-state index in [1.54, 1.807) is 32.0 Å². The van der Waals surface area contributed by atoms with Gasteiger partial charge >= 0.3 is 5.97 Å². The van der Waals surface area contributed by atoms with Crippen molar-refractivity contribution < 1.29 is 28.4 Å². The molecule has 2 aromatic rings. The SMILES string of the molecule is CCCNC(=O)[C@@H](C)NC(=O)COC(=O)c1cccc(OCc2c(C)noc2C)c1. The Kier molecular flexibility index (Phi) is 8.40. The van der Waals surface area contributed by atoms with Gasteiger partial charge in [-0.1, -0.05) is 18.1 Å². The summed E-state index contributed by atoms with van der Waals surface area (Å²) < 4.78 is 15.8. The second-order valence-corrected chi connectivity index (χ2v) is 6.78. The molecule has 9 heteroatoms. The van der Waals surface area contributed by atoms with Crippen molar-refractivity contribution in [2.75, 3.05) is 13.2 Å². The number of amides is 2. The highest BCUT2D eigenvalue weighted by Gasteiger charge is 2.17. The molecule has 0 aliphatic carbocycles. The third-order valence-electron chi connectivity index (χ3n) is 4.29. The van der Waals surface area contributed by atoms with Crippen molar-refractivity contribution in [3.63, 3.8) is 0 Å². The van der Waals surface area contributed by atoms with Crippen LogP contribution in [0.1, 0.15) is 47.6 Å². The van der Waals surface area contributed by atoms with Gasteiger partial charge in [0.15, 0.2) is 6.61 Å². The number of nitrogens with one attached hydrogen (secondary N) is 2. The maximum absolute atomic E-state index is 12.2. The maximum Gasteiger partial charge on any atom is 0.338 e. The second kappa shape index (κ2) is 11.0. The van der Waals surface area contributed by atoms with Crippen LogP contribution in [0.2, 0.25) is 0 Å². The summed E-state index contributed by atoms with van der Waals surface area (Å²) in [4.78, 5) is 35.9. The third kappa shape index (κ3) is 6.61. The van der Waals surface area contributed by atoms with Gasteiger partial charge in [-0.15, -0.1) is 0 Å². The van der Waals surface area contributed by atoms with Crippen LogP contribution < -0.4 is 15.4 Å². The summed E-state index contributed by atoms with van der Waals surface area (Å²) in [6, 6.07) is 5.73. The molecule has 9 nitrogen and oxygen atoms in total. The van der Waals surface area contributed by atoms with Crippen molar-refractivity contribution in [2.24, 2.45) is 0 Å². The number of ether oxygens (including phenoxy) is 2. The average Bonchev–Trinajstić information content (AvgIpc) is 3.06. The fourth-order valence-electron chi connectivity index (χ4n) is 2.54. The Hall–Kier alpha value is -3.36. The van der Waals surface area contributed by atoms with E-state index in [1.807, 2.05) is 13.8 Å². The quantitative estimate of drug-likeness (QED) is 0.568. The van der Waals surface area contributed by atoms with Gasteiger partial charge in [0.2, 0.25) is 5.91 Å². The van der Waals surface area contributed by atoms with Crippen LogP contribution in [0.25, 0.3) is 0 Å². The Morgan fingerprint density at radius 3 is 2.67 bits per heavy atom. The Bertz CT molecular complexity index is 873. The molecule has 0 spiro atoms. The van der Waals surface area contributed by atoms with Crippen LogP contribution in [0.4, 0.5) is 0 Å². The summed E-state index contributed by atoms with van der Waals surface area (Å²) in [6.45, 7) is 7.40. The maximum atomic E-state index is 12.2. The van der Waals surface area contributed by atoms with Gasteiger partial charge in [-0.3, -0.25) is 9.59 Å². The zero-order valence-electron chi connectivity index (χ0n) is 17.6. The van der Waals surface area contributed by atoms with Crippen LogP contribution >= 0.6 is 0 Å². The van der Waals surface area contributed by atoms with Gasteiger partial charge in [0, 0.05) is 6.54 Å². The summed E-state index contributed by atoms with van der Waals surface area (Å²) in [7, 11) is 0. The Morgan fingerprint density at radius 1 is 1.23 bits per heavy atom. The topological polar surface area (TPSA) is 120 Å². The summed E-state index contributed by atoms with van der Waals surface area (Å²) in [5, 5.41) is 9.03. The summed E-state index contributed by atoms with van der Waals surface area (Å²) in [6.07, 6.45) is 0.797. The number of esters is 1. The lowest BCUT2D eigenvalue weighted by Crippen LogP contribution is -2.46. The molecule has 0 aliphatic heterocycles. The van der Waals surface area contributed by atoms with Crippen molar-refractivity contribution in [3.05, 3.63) is 46.8 Å². The lowest BCUT2D eigenvalue weighted by Gasteiger charge is -2.14. The van der Waals surface area contributed by atoms with E-state index in [0.717, 1.165) is 17.7 Å². The molecule has 2 rings (SSSR count). The van der Waals surface area contributed by atoms with Crippen molar-refractivity contribution >= 4 is 17.8 Å². The first-order valence-electron chi connectivity index (χ1n) is 9.70. The zero-order chi connectivity index (χ0) is 22.1. The van der Waals surface area contributed by atoms with Crippen molar-refractivity contribution in [3.8, 4) is 5.75 Å². The third-order valence-corrected chi connectivity index (χ3v) is 4.29. The minimum atomic E-state index is -0.719. The predicted octanol–water partition coefficient (Wildman–Crippen LogP) is 2.06. The second-order valence-electron chi connectivity index (χ2n) is 6.78. The Labute approximate surface area is 175 Å². The molecule has 2 N–H and O–H groups in total. The first-order valence-corrected chi connectivity index (χ1v) is 9.70. The molecule has 1 aromatic heterocycles. The van der Waals surface area contributed by atoms with Gasteiger partial charge in [0.1, 0.15) is 24.2 Å². The van der Waals surface area contributed by atoms with E-state index in [-0.39, 0.29) is 18.1 Å². The van der Waals surface area contributed by atoms with Gasteiger partial charge in [0.25, 0.3) is 5.91 Å². The minimum absolute atomic E-state index is 0.243. The normalized spacial score (nSPS) is 11.5. The molecule has 0 unspecified atom stereocenters. The molecule has 0 saturated heterocycles. The standard InChI is InChI=1S/C21H27N3O6/c1-5-9-22-20(26)14(3)23-19(25)12-29-21(27)16-7-6-8-17(10-16)28-11-18-13(2)24-30-15(18)4/h6-8,10,14H,5,9,11-12H2,1-4H3,(H,22,26)(H,23,25)/t14-/m1/s1. The van der Waals surface area contributed by atoms with E-state index in [0.29, 0.717) is 18.1 Å². The molecule has 0 fully saturated rings. The van der Waals surface area contributed by atoms with Gasteiger partial charge in [-0.25, -0.2) is 4.79 Å². The highest BCUT2D eigenvalue weighted by Crippen LogP contribution is 2.19. The molecule has 0 aliphatic rings. The number of nitrogens with zero attached hydrogens (tertiary/aromatic N) is 1. The monoisotopic (exact) mass is 417 g/mol. The van der Waals surface area contributed by atoms with Crippen molar-refractivity contribution in [2.45, 2.75) is 46.8 Å². The molecule has 1 heterocycles. The zero-order valence-corrected chi connectivity index (χ0v) is 17.6. The van der Waals surface area contributed by atoms with E-state index in [9.17, 15) is 14.4 Å². The molecular weight excluding hydrogens is 390 g/mol. The highest BCUT2D eigenvalue weighted by atomic mass is 16.5. The van der Waals surface area contributed by atoms with E-state index in [4.69, 9.17) is 14.0 Å². The van der Waals surface area contributed by atoms with Crippen LogP contribution in [0.5, 0.6) is 5.75 Å². The number of benzene rings is 1. The number of carbonyl (C=O) groups is 3. The van der Waals surface area contributed by atoms with Crippen LogP contribution in [0.3, 0.4) is 0 Å². The fraction of sp³-hybridized carbons (Fsp3) is 0.429. The van der Waals surface area contributed by atoms with Crippen molar-refractivity contribution in [1.29, 1.82) is 0 Å². The molecule has 0 radical (unpaired) electrons. The Morgan fingerprint density at radius 2 is 2.00 bits per heavy atom. The number of hydrogen-bond donors (Lipinski definition) is 2. The van der Waals surface area contributed by atoms with Crippen LogP contribution in [-0.4, -0.2) is 42.1 Å². The highest BCUT2D eigenvalue weighted by molar-refractivity contribution is 5.92. The van der Waals surface area contributed by atoms with E-state index in [1.165, 1.54) is 6.07 Å². The number of aromatic nitrogens is 1. The summed E-state index contributed by atoms with van der Waals surface area (Å²) >= 11 is 0. The molecule has 1 aromatic carbocycles. The minimum Gasteiger partial charge on any atom is -0.489 e. The first kappa shape index (κ1) is 22.9. The van der Waals surface area contributed by atoms with Crippen LogP contribution in [0, 0.1) is 13.8 Å². The number of carbonyl (C=O) groups excluding carboxylic acids is 3. The number of hydrogen-bond acceptors (Lipinski definition) is 7.